The van der Waals surface area contributed by atoms with Crippen LogP contribution in [0.4, 0.5) is 10.1 Å². The predicted octanol–water partition coefficient (Wildman–Crippen LogP) is 1.96. The summed E-state index contributed by atoms with van der Waals surface area (Å²) >= 11 is 0. The lowest BCUT2D eigenvalue weighted by molar-refractivity contribution is -0.386. The molecule has 0 aromatic heterocycles. The lowest BCUT2D eigenvalue weighted by Gasteiger charge is -2.15. The largest absolute Gasteiger partial charge is 0.474 e. The lowest BCUT2D eigenvalue weighted by Crippen LogP contribution is -2.47. The van der Waals surface area contributed by atoms with Gasteiger partial charge in [-0.2, -0.15) is 0 Å². The lowest BCUT2D eigenvalue weighted by atomic mass is 10.2. The molecule has 0 aliphatic carbocycles. The molecule has 0 spiro atoms. The van der Waals surface area contributed by atoms with Gasteiger partial charge in [-0.1, -0.05) is 18.2 Å². The molecule has 0 aliphatic rings. The molecular weight excluding hydrogens is 333 g/mol. The highest BCUT2D eigenvalue weighted by atomic mass is 19.1. The highest BCUT2D eigenvalue weighted by Gasteiger charge is 2.22. The topological polar surface area (TPSA) is 111 Å². The zero-order chi connectivity index (χ0) is 18.4. The molecule has 0 bridgehead atoms. The molecule has 2 aromatic rings. The zero-order valence-corrected chi connectivity index (χ0v) is 13.1. The summed E-state index contributed by atoms with van der Waals surface area (Å²) in [6.45, 7) is 1.30. The Kier molecular flexibility index (Phi) is 5.62. The first-order chi connectivity index (χ1) is 11.9. The van der Waals surface area contributed by atoms with Gasteiger partial charge in [0.25, 0.3) is 11.8 Å². The van der Waals surface area contributed by atoms with Crippen molar-refractivity contribution < 1.29 is 23.6 Å². The Morgan fingerprint density at radius 3 is 2.48 bits per heavy atom. The summed E-state index contributed by atoms with van der Waals surface area (Å²) in [5.41, 5.74) is 4.18. The number of nitro benzene ring substituents is 1. The van der Waals surface area contributed by atoms with Crippen LogP contribution in [0.3, 0.4) is 0 Å². The maximum Gasteiger partial charge on any atom is 0.311 e. The first-order valence-corrected chi connectivity index (χ1v) is 7.14. The molecule has 0 saturated carbocycles. The van der Waals surface area contributed by atoms with E-state index in [0.717, 1.165) is 18.2 Å². The van der Waals surface area contributed by atoms with E-state index in [-0.39, 0.29) is 5.75 Å². The van der Waals surface area contributed by atoms with Crippen molar-refractivity contribution in [1.82, 2.24) is 10.9 Å². The summed E-state index contributed by atoms with van der Waals surface area (Å²) in [4.78, 5) is 33.9. The van der Waals surface area contributed by atoms with E-state index in [1.54, 1.807) is 30.3 Å². The number of hydrazine groups is 1. The molecule has 2 aromatic carbocycles. The van der Waals surface area contributed by atoms with Gasteiger partial charge in [0, 0.05) is 17.7 Å². The molecule has 2 amide bonds. The van der Waals surface area contributed by atoms with Crippen LogP contribution in [-0.4, -0.2) is 22.8 Å². The molecule has 0 radical (unpaired) electrons. The third kappa shape index (κ3) is 4.74. The third-order valence-electron chi connectivity index (χ3n) is 3.13. The Labute approximate surface area is 141 Å². The SMILES string of the molecule is C[C@H](Oc1cc(F)ccc1[N+](=O)[O-])C(=O)NNC(=O)c1ccccc1. The summed E-state index contributed by atoms with van der Waals surface area (Å²) in [6, 6.07) is 10.8. The Morgan fingerprint density at radius 2 is 1.84 bits per heavy atom. The van der Waals surface area contributed by atoms with Crippen LogP contribution in [-0.2, 0) is 4.79 Å². The van der Waals surface area contributed by atoms with E-state index in [1.807, 2.05) is 0 Å². The molecule has 9 heteroatoms. The molecule has 2 rings (SSSR count). The van der Waals surface area contributed by atoms with Crippen LogP contribution >= 0.6 is 0 Å². The van der Waals surface area contributed by atoms with Crippen molar-refractivity contribution in [1.29, 1.82) is 0 Å². The summed E-state index contributed by atoms with van der Waals surface area (Å²) in [5, 5.41) is 10.9. The number of ether oxygens (including phenoxy) is 1. The fourth-order valence-electron chi connectivity index (χ4n) is 1.86. The smallest absolute Gasteiger partial charge is 0.311 e. The van der Waals surface area contributed by atoms with Gasteiger partial charge < -0.3 is 4.74 Å². The van der Waals surface area contributed by atoms with E-state index in [9.17, 15) is 24.1 Å². The Hall–Kier alpha value is -3.49. The minimum absolute atomic E-state index is 0.331. The van der Waals surface area contributed by atoms with Crippen LogP contribution in [0.15, 0.2) is 48.5 Å². The molecule has 0 heterocycles. The van der Waals surface area contributed by atoms with Gasteiger partial charge in [0.15, 0.2) is 6.10 Å². The van der Waals surface area contributed by atoms with Crippen molar-refractivity contribution in [2.24, 2.45) is 0 Å². The van der Waals surface area contributed by atoms with Crippen LogP contribution in [0.5, 0.6) is 5.75 Å². The van der Waals surface area contributed by atoms with E-state index < -0.39 is 34.3 Å². The first kappa shape index (κ1) is 17.9. The number of nitro groups is 1. The number of nitrogens with zero attached hydrogens (tertiary/aromatic N) is 1. The van der Waals surface area contributed by atoms with E-state index in [0.29, 0.717) is 5.56 Å². The first-order valence-electron chi connectivity index (χ1n) is 7.14. The number of nitrogens with one attached hydrogen (secondary N) is 2. The number of benzene rings is 2. The van der Waals surface area contributed by atoms with Crippen LogP contribution < -0.4 is 15.6 Å². The molecule has 2 N–H and O–H groups in total. The third-order valence-corrected chi connectivity index (χ3v) is 3.13. The zero-order valence-electron chi connectivity index (χ0n) is 13.1. The van der Waals surface area contributed by atoms with Crippen molar-refractivity contribution in [3.05, 3.63) is 70.0 Å². The van der Waals surface area contributed by atoms with Gasteiger partial charge in [0.05, 0.1) is 4.92 Å². The van der Waals surface area contributed by atoms with Crippen molar-refractivity contribution in [2.75, 3.05) is 0 Å². The van der Waals surface area contributed by atoms with Gasteiger partial charge in [-0.3, -0.25) is 30.6 Å². The van der Waals surface area contributed by atoms with Crippen LogP contribution in [0.2, 0.25) is 0 Å². The second-order valence-corrected chi connectivity index (χ2v) is 4.94. The van der Waals surface area contributed by atoms with E-state index in [4.69, 9.17) is 4.74 Å². The van der Waals surface area contributed by atoms with E-state index >= 15 is 0 Å². The molecule has 25 heavy (non-hydrogen) atoms. The van der Waals surface area contributed by atoms with Gasteiger partial charge >= 0.3 is 5.69 Å². The second-order valence-electron chi connectivity index (χ2n) is 4.94. The Bertz CT molecular complexity index is 798. The summed E-state index contributed by atoms with van der Waals surface area (Å²) in [6.07, 6.45) is -1.21. The molecule has 0 aliphatic heterocycles. The predicted molar refractivity (Wildman–Crippen MR) is 85.2 cm³/mol. The fraction of sp³-hybridized carbons (Fsp3) is 0.125. The molecular formula is C16H14FN3O5. The minimum Gasteiger partial charge on any atom is -0.474 e. The number of amides is 2. The van der Waals surface area contributed by atoms with Gasteiger partial charge in [-0.25, -0.2) is 4.39 Å². The number of hydrogen-bond acceptors (Lipinski definition) is 5. The second kappa shape index (κ2) is 7.86. The van der Waals surface area contributed by atoms with Crippen LogP contribution in [0.25, 0.3) is 0 Å². The molecule has 1 atom stereocenters. The average molecular weight is 347 g/mol. The van der Waals surface area contributed by atoms with Crippen molar-refractivity contribution in [3.63, 3.8) is 0 Å². The van der Waals surface area contributed by atoms with Gasteiger partial charge in [0.2, 0.25) is 5.75 Å². The maximum atomic E-state index is 13.2. The van der Waals surface area contributed by atoms with Crippen molar-refractivity contribution in [2.45, 2.75) is 13.0 Å². The van der Waals surface area contributed by atoms with E-state index in [2.05, 4.69) is 10.9 Å². The Morgan fingerprint density at radius 1 is 1.16 bits per heavy atom. The minimum atomic E-state index is -1.21. The van der Waals surface area contributed by atoms with Gasteiger partial charge in [0.1, 0.15) is 5.82 Å². The summed E-state index contributed by atoms with van der Waals surface area (Å²) < 4.78 is 18.4. The van der Waals surface area contributed by atoms with Crippen LogP contribution in [0, 0.1) is 15.9 Å². The van der Waals surface area contributed by atoms with Gasteiger partial charge in [-0.05, 0) is 25.1 Å². The van der Waals surface area contributed by atoms with Gasteiger partial charge in [-0.15, -0.1) is 0 Å². The Balaban J connectivity index is 1.98. The van der Waals surface area contributed by atoms with Crippen molar-refractivity contribution >= 4 is 17.5 Å². The molecule has 8 nitrogen and oxygen atoms in total. The van der Waals surface area contributed by atoms with Crippen LogP contribution in [0.1, 0.15) is 17.3 Å². The highest BCUT2D eigenvalue weighted by molar-refractivity contribution is 5.95. The molecule has 0 saturated heterocycles. The molecule has 0 unspecified atom stereocenters. The molecule has 130 valence electrons. The molecule has 0 fully saturated rings. The number of hydrogen-bond donors (Lipinski definition) is 2. The van der Waals surface area contributed by atoms with E-state index in [1.165, 1.54) is 6.92 Å². The summed E-state index contributed by atoms with van der Waals surface area (Å²) in [7, 11) is 0. The average Bonchev–Trinajstić information content (AvgIpc) is 2.59. The number of carbonyl (C=O) groups excluding carboxylic acids is 2. The normalized spacial score (nSPS) is 11.3. The van der Waals surface area contributed by atoms with Crippen molar-refractivity contribution in [3.8, 4) is 5.75 Å². The monoisotopic (exact) mass is 347 g/mol. The quantitative estimate of drug-likeness (QED) is 0.634. The maximum absolute atomic E-state index is 13.2. The fourth-order valence-corrected chi connectivity index (χ4v) is 1.86. The summed E-state index contributed by atoms with van der Waals surface area (Å²) in [5.74, 6) is -2.44. The standard InChI is InChI=1S/C16H14FN3O5/c1-10(25-14-9-12(17)7-8-13(14)20(23)24)15(21)18-19-16(22)11-5-3-2-4-6-11/h2-10H,1H3,(H,18,21)(H,19,22)/t10-/m0/s1. The number of rotatable bonds is 5. The number of carbonyl (C=O) groups is 2. The highest BCUT2D eigenvalue weighted by Crippen LogP contribution is 2.28. The number of halogens is 1.